The number of rotatable bonds is 7. The average Bonchev–Trinajstić information content (AvgIpc) is 2.25. The molecule has 94 valence electrons. The summed E-state index contributed by atoms with van der Waals surface area (Å²) in [7, 11) is 0. The highest BCUT2D eigenvalue weighted by Crippen LogP contribution is 2.11. The molecule has 1 nitrogen and oxygen atoms in total. The van der Waals surface area contributed by atoms with Crippen LogP contribution in [0.25, 0.3) is 0 Å². The lowest BCUT2D eigenvalue weighted by Gasteiger charge is -2.00. The Morgan fingerprint density at radius 1 is 0.882 bits per heavy atom. The standard InChI is InChI=1S/C16H25N/c1-14(2)8-5-9-15(3)10-6-11-16(4)12-7-13-17/h8,10,12H,5-7,9,11H2,1-4H3/b15-10+,16-12+. The molecule has 0 aliphatic heterocycles. The minimum Gasteiger partial charge on any atom is -0.198 e. The highest BCUT2D eigenvalue weighted by Gasteiger charge is 1.91. The first kappa shape index (κ1) is 15.7. The van der Waals surface area contributed by atoms with Crippen LogP contribution in [0, 0.1) is 11.3 Å². The van der Waals surface area contributed by atoms with Gasteiger partial charge in [-0.15, -0.1) is 0 Å². The van der Waals surface area contributed by atoms with Crippen LogP contribution < -0.4 is 0 Å². The van der Waals surface area contributed by atoms with Crippen molar-refractivity contribution in [3.8, 4) is 6.07 Å². The normalized spacial score (nSPS) is 12.2. The first-order valence-electron chi connectivity index (χ1n) is 6.38. The fraction of sp³-hybridized carbons (Fsp3) is 0.562. The molecule has 0 aromatic carbocycles. The molecule has 0 bridgehead atoms. The van der Waals surface area contributed by atoms with E-state index in [-0.39, 0.29) is 0 Å². The van der Waals surface area contributed by atoms with Crippen LogP contribution in [-0.4, -0.2) is 0 Å². The molecule has 0 fully saturated rings. The second kappa shape index (κ2) is 9.90. The van der Waals surface area contributed by atoms with E-state index < -0.39 is 0 Å². The molecule has 0 radical (unpaired) electrons. The van der Waals surface area contributed by atoms with Gasteiger partial charge >= 0.3 is 0 Å². The maximum absolute atomic E-state index is 8.46. The molecular weight excluding hydrogens is 206 g/mol. The maximum Gasteiger partial charge on any atom is 0.0663 e. The number of nitrogens with zero attached hydrogens (tertiary/aromatic N) is 1. The lowest BCUT2D eigenvalue weighted by Crippen LogP contribution is -1.80. The van der Waals surface area contributed by atoms with Crippen molar-refractivity contribution in [2.24, 2.45) is 0 Å². The van der Waals surface area contributed by atoms with Crippen molar-refractivity contribution in [1.29, 1.82) is 5.26 Å². The predicted molar refractivity (Wildman–Crippen MR) is 75.6 cm³/mol. The van der Waals surface area contributed by atoms with E-state index in [1.54, 1.807) is 0 Å². The molecule has 0 N–H and O–H groups in total. The zero-order valence-electron chi connectivity index (χ0n) is 11.7. The van der Waals surface area contributed by atoms with Crippen LogP contribution in [0.5, 0.6) is 0 Å². The second-order valence-corrected chi connectivity index (χ2v) is 4.82. The van der Waals surface area contributed by atoms with Gasteiger partial charge in [0.15, 0.2) is 0 Å². The Bertz CT molecular complexity index is 333. The van der Waals surface area contributed by atoms with Gasteiger partial charge in [-0.3, -0.25) is 0 Å². The van der Waals surface area contributed by atoms with Gasteiger partial charge in [-0.25, -0.2) is 0 Å². The molecule has 0 unspecified atom stereocenters. The third-order valence-corrected chi connectivity index (χ3v) is 2.66. The van der Waals surface area contributed by atoms with Crippen LogP contribution in [0.4, 0.5) is 0 Å². The zero-order valence-corrected chi connectivity index (χ0v) is 11.7. The molecule has 0 aromatic heterocycles. The Kier molecular flexibility index (Phi) is 9.15. The van der Waals surface area contributed by atoms with Gasteiger partial charge in [0.25, 0.3) is 0 Å². The first-order chi connectivity index (χ1) is 8.06. The van der Waals surface area contributed by atoms with Crippen molar-refractivity contribution < 1.29 is 0 Å². The van der Waals surface area contributed by atoms with Crippen molar-refractivity contribution in [2.45, 2.75) is 59.8 Å². The Hall–Kier alpha value is -1.29. The molecule has 0 spiro atoms. The van der Waals surface area contributed by atoms with E-state index in [1.807, 2.05) is 6.08 Å². The van der Waals surface area contributed by atoms with Gasteiger partial charge in [0, 0.05) is 0 Å². The molecule has 1 heteroatoms. The number of hydrogen-bond donors (Lipinski definition) is 0. The largest absolute Gasteiger partial charge is 0.198 e. The third kappa shape index (κ3) is 11.0. The molecule has 0 amide bonds. The van der Waals surface area contributed by atoms with E-state index in [4.69, 9.17) is 5.26 Å². The molecule has 0 saturated carbocycles. The minimum atomic E-state index is 0.537. The van der Waals surface area contributed by atoms with Gasteiger partial charge in [0.2, 0.25) is 0 Å². The van der Waals surface area contributed by atoms with E-state index in [1.165, 1.54) is 16.7 Å². The molecule has 0 aliphatic carbocycles. The van der Waals surface area contributed by atoms with Crippen molar-refractivity contribution in [3.05, 3.63) is 34.9 Å². The molecule has 0 heterocycles. The topological polar surface area (TPSA) is 23.8 Å². The van der Waals surface area contributed by atoms with Crippen LogP contribution in [0.2, 0.25) is 0 Å². The second-order valence-electron chi connectivity index (χ2n) is 4.82. The van der Waals surface area contributed by atoms with E-state index in [2.05, 4.69) is 45.9 Å². The van der Waals surface area contributed by atoms with E-state index in [0.717, 1.165) is 25.7 Å². The maximum atomic E-state index is 8.46. The summed E-state index contributed by atoms with van der Waals surface area (Å²) in [6, 6.07) is 2.14. The summed E-state index contributed by atoms with van der Waals surface area (Å²) >= 11 is 0. The lowest BCUT2D eigenvalue weighted by molar-refractivity contribution is 0.915. The smallest absolute Gasteiger partial charge is 0.0663 e. The monoisotopic (exact) mass is 231 g/mol. The summed E-state index contributed by atoms with van der Waals surface area (Å²) in [4.78, 5) is 0. The number of allylic oxidation sites excluding steroid dienone is 6. The van der Waals surface area contributed by atoms with E-state index in [9.17, 15) is 0 Å². The van der Waals surface area contributed by atoms with Crippen molar-refractivity contribution >= 4 is 0 Å². The molecule has 0 saturated heterocycles. The van der Waals surface area contributed by atoms with Crippen molar-refractivity contribution in [2.75, 3.05) is 0 Å². The lowest BCUT2D eigenvalue weighted by atomic mass is 10.1. The molecule has 0 aliphatic rings. The Morgan fingerprint density at radius 2 is 1.41 bits per heavy atom. The Morgan fingerprint density at radius 3 is 1.94 bits per heavy atom. The van der Waals surface area contributed by atoms with Gasteiger partial charge in [-0.05, 0) is 53.4 Å². The van der Waals surface area contributed by atoms with Crippen LogP contribution in [0.1, 0.15) is 59.8 Å². The predicted octanol–water partition coefficient (Wildman–Crippen LogP) is 5.32. The van der Waals surface area contributed by atoms with Crippen LogP contribution in [0.3, 0.4) is 0 Å². The summed E-state index contributed by atoms with van der Waals surface area (Å²) in [6.45, 7) is 8.58. The highest BCUT2D eigenvalue weighted by atomic mass is 14.2. The summed E-state index contributed by atoms with van der Waals surface area (Å²) in [5.41, 5.74) is 4.18. The number of hydrogen-bond acceptors (Lipinski definition) is 1. The van der Waals surface area contributed by atoms with E-state index in [0.29, 0.717) is 6.42 Å². The van der Waals surface area contributed by atoms with E-state index >= 15 is 0 Å². The number of nitriles is 1. The molecule has 0 atom stereocenters. The highest BCUT2D eigenvalue weighted by molar-refractivity contribution is 5.06. The molecular formula is C16H25N. The Balaban J connectivity index is 3.85. The van der Waals surface area contributed by atoms with Crippen LogP contribution >= 0.6 is 0 Å². The van der Waals surface area contributed by atoms with Crippen molar-refractivity contribution in [3.63, 3.8) is 0 Å². The molecule has 0 aromatic rings. The molecule has 17 heavy (non-hydrogen) atoms. The first-order valence-corrected chi connectivity index (χ1v) is 6.38. The molecule has 0 rings (SSSR count). The fourth-order valence-corrected chi connectivity index (χ4v) is 1.56. The third-order valence-electron chi connectivity index (χ3n) is 2.66. The van der Waals surface area contributed by atoms with Gasteiger partial charge in [-0.1, -0.05) is 34.9 Å². The zero-order chi connectivity index (χ0) is 13.1. The fourth-order valence-electron chi connectivity index (χ4n) is 1.56. The average molecular weight is 231 g/mol. The quantitative estimate of drug-likeness (QED) is 0.544. The Labute approximate surface area is 107 Å². The SMILES string of the molecule is CC(C)=CCC/C(C)=C/CC/C(C)=C/CC#N. The summed E-state index contributed by atoms with van der Waals surface area (Å²) in [5.74, 6) is 0. The van der Waals surface area contributed by atoms with Crippen LogP contribution in [-0.2, 0) is 0 Å². The minimum absolute atomic E-state index is 0.537. The summed E-state index contributed by atoms with van der Waals surface area (Å²) in [5, 5.41) is 8.46. The van der Waals surface area contributed by atoms with Crippen LogP contribution in [0.15, 0.2) is 34.9 Å². The van der Waals surface area contributed by atoms with Gasteiger partial charge in [0.1, 0.15) is 0 Å². The van der Waals surface area contributed by atoms with Crippen molar-refractivity contribution in [1.82, 2.24) is 0 Å². The van der Waals surface area contributed by atoms with Gasteiger partial charge in [-0.2, -0.15) is 5.26 Å². The summed E-state index contributed by atoms with van der Waals surface area (Å²) in [6.07, 6.45) is 11.6. The van der Waals surface area contributed by atoms with Gasteiger partial charge < -0.3 is 0 Å². The summed E-state index contributed by atoms with van der Waals surface area (Å²) < 4.78 is 0. The van der Waals surface area contributed by atoms with Gasteiger partial charge in [0.05, 0.1) is 12.5 Å².